The molecule has 0 saturated carbocycles. The molecule has 1 atom stereocenters. The van der Waals surface area contributed by atoms with E-state index in [0.29, 0.717) is 17.0 Å². The minimum atomic E-state index is -3.79. The van der Waals surface area contributed by atoms with Crippen molar-refractivity contribution in [3.8, 4) is 11.5 Å². The third-order valence-corrected chi connectivity index (χ3v) is 5.56. The second kappa shape index (κ2) is 6.19. The minimum absolute atomic E-state index is 0.0106. The molecule has 0 radical (unpaired) electrons. The number of rotatable bonds is 4. The third-order valence-electron chi connectivity index (χ3n) is 4.14. The molecule has 1 aromatic heterocycles. The first-order valence-electron chi connectivity index (χ1n) is 7.92. The van der Waals surface area contributed by atoms with E-state index in [9.17, 15) is 13.2 Å². The zero-order valence-electron chi connectivity index (χ0n) is 13.8. The maximum Gasteiger partial charge on any atom is 0.419 e. The van der Waals surface area contributed by atoms with Gasteiger partial charge in [0.25, 0.3) is 0 Å². The number of oxazole rings is 1. The van der Waals surface area contributed by atoms with E-state index < -0.39 is 21.9 Å². The molecule has 2 aromatic carbocycles. The van der Waals surface area contributed by atoms with Gasteiger partial charge in [-0.15, -0.1) is 0 Å². The molecule has 1 aliphatic heterocycles. The first-order chi connectivity index (χ1) is 12.4. The maximum atomic E-state index is 12.5. The lowest BCUT2D eigenvalue weighted by molar-refractivity contribution is 0.0943. The smallest absolute Gasteiger partial charge is 0.419 e. The lowest BCUT2D eigenvalue weighted by Crippen LogP contribution is -2.40. The molecular weight excluding hydrogens is 360 g/mol. The Kier molecular flexibility index (Phi) is 3.97. The highest BCUT2D eigenvalue weighted by atomic mass is 32.2. The molecule has 1 aliphatic rings. The largest absolute Gasteiger partial charge is 0.486 e. The van der Waals surface area contributed by atoms with E-state index in [1.807, 2.05) is 12.1 Å². The molecule has 0 saturated heterocycles. The first-order valence-corrected chi connectivity index (χ1v) is 9.40. The number of para-hydroxylation sites is 2. The van der Waals surface area contributed by atoms with Crippen LogP contribution in [0.2, 0.25) is 0 Å². The molecular formula is C17H16N2O6S. The van der Waals surface area contributed by atoms with Crippen molar-refractivity contribution in [2.24, 2.45) is 7.05 Å². The van der Waals surface area contributed by atoms with Gasteiger partial charge in [0.05, 0.1) is 17.0 Å². The summed E-state index contributed by atoms with van der Waals surface area (Å²) >= 11 is 0. The minimum Gasteiger partial charge on any atom is -0.486 e. The Morgan fingerprint density at radius 3 is 2.77 bits per heavy atom. The lowest BCUT2D eigenvalue weighted by atomic mass is 10.2. The summed E-state index contributed by atoms with van der Waals surface area (Å²) in [5.41, 5.74) is 0.737. The van der Waals surface area contributed by atoms with Crippen LogP contribution < -0.4 is 20.0 Å². The average molecular weight is 376 g/mol. The van der Waals surface area contributed by atoms with Crippen molar-refractivity contribution >= 4 is 21.1 Å². The van der Waals surface area contributed by atoms with Crippen LogP contribution in [0.15, 0.2) is 56.6 Å². The number of hydrogen-bond acceptors (Lipinski definition) is 6. The molecule has 0 aliphatic carbocycles. The van der Waals surface area contributed by atoms with Crippen LogP contribution in [0.3, 0.4) is 0 Å². The normalized spacial score (nSPS) is 16.7. The Hall–Kier alpha value is -2.78. The fraction of sp³-hybridized carbons (Fsp3) is 0.235. The van der Waals surface area contributed by atoms with Crippen molar-refractivity contribution in [1.29, 1.82) is 0 Å². The molecule has 1 unspecified atom stereocenters. The summed E-state index contributed by atoms with van der Waals surface area (Å²) < 4.78 is 45.2. The predicted octanol–water partition coefficient (Wildman–Crippen LogP) is 1.25. The Labute approximate surface area is 149 Å². The third kappa shape index (κ3) is 2.95. The molecule has 8 nitrogen and oxygen atoms in total. The van der Waals surface area contributed by atoms with Crippen molar-refractivity contribution in [2.75, 3.05) is 13.2 Å². The van der Waals surface area contributed by atoms with Gasteiger partial charge >= 0.3 is 5.76 Å². The summed E-state index contributed by atoms with van der Waals surface area (Å²) in [5, 5.41) is 0. The Bertz CT molecular complexity index is 1130. The second-order valence-corrected chi connectivity index (χ2v) is 7.67. The first kappa shape index (κ1) is 16.7. The van der Waals surface area contributed by atoms with Crippen LogP contribution in [0.5, 0.6) is 11.5 Å². The Balaban J connectivity index is 1.50. The molecule has 0 bridgehead atoms. The van der Waals surface area contributed by atoms with Crippen molar-refractivity contribution in [3.05, 3.63) is 53.0 Å². The second-order valence-electron chi connectivity index (χ2n) is 5.91. The van der Waals surface area contributed by atoms with Gasteiger partial charge in [0.15, 0.2) is 17.1 Å². The SMILES string of the molecule is Cn1c(=O)oc2cc(S(=O)(=O)NCC3COc4ccccc4O3)ccc21. The van der Waals surface area contributed by atoms with Gasteiger partial charge in [-0.25, -0.2) is 17.9 Å². The molecule has 26 heavy (non-hydrogen) atoms. The van der Waals surface area contributed by atoms with Crippen molar-refractivity contribution in [2.45, 2.75) is 11.0 Å². The highest BCUT2D eigenvalue weighted by molar-refractivity contribution is 7.89. The molecule has 1 N–H and O–H groups in total. The monoisotopic (exact) mass is 376 g/mol. The van der Waals surface area contributed by atoms with Crippen LogP contribution in [0, 0.1) is 0 Å². The average Bonchev–Trinajstić information content (AvgIpc) is 2.93. The molecule has 136 valence electrons. The van der Waals surface area contributed by atoms with Crippen LogP contribution in [-0.4, -0.2) is 32.2 Å². The van der Waals surface area contributed by atoms with Crippen molar-refractivity contribution in [1.82, 2.24) is 9.29 Å². The highest BCUT2D eigenvalue weighted by Crippen LogP contribution is 2.30. The molecule has 0 fully saturated rings. The van der Waals surface area contributed by atoms with E-state index in [4.69, 9.17) is 13.9 Å². The van der Waals surface area contributed by atoms with Crippen molar-refractivity contribution in [3.63, 3.8) is 0 Å². The predicted molar refractivity (Wildman–Crippen MR) is 93.0 cm³/mol. The van der Waals surface area contributed by atoms with Gasteiger partial charge in [0.1, 0.15) is 12.7 Å². The maximum absolute atomic E-state index is 12.5. The van der Waals surface area contributed by atoms with Crippen LogP contribution >= 0.6 is 0 Å². The van der Waals surface area contributed by atoms with Gasteiger partial charge in [-0.05, 0) is 24.3 Å². The van der Waals surface area contributed by atoms with E-state index in [0.717, 1.165) is 0 Å². The summed E-state index contributed by atoms with van der Waals surface area (Å²) in [5.74, 6) is 0.667. The molecule has 4 rings (SSSR count). The fourth-order valence-corrected chi connectivity index (χ4v) is 3.81. The van der Waals surface area contributed by atoms with E-state index in [2.05, 4.69) is 4.72 Å². The van der Waals surface area contributed by atoms with Crippen molar-refractivity contribution < 1.29 is 22.3 Å². The van der Waals surface area contributed by atoms with Crippen LogP contribution in [-0.2, 0) is 17.1 Å². The van der Waals surface area contributed by atoms with E-state index >= 15 is 0 Å². The number of fused-ring (bicyclic) bond motifs is 2. The van der Waals surface area contributed by atoms with Gasteiger partial charge < -0.3 is 13.9 Å². The van der Waals surface area contributed by atoms with Gasteiger partial charge in [-0.3, -0.25) is 4.57 Å². The summed E-state index contributed by atoms with van der Waals surface area (Å²) in [4.78, 5) is 11.5. The summed E-state index contributed by atoms with van der Waals surface area (Å²) in [7, 11) is -2.23. The molecule has 0 amide bonds. The Morgan fingerprint density at radius 1 is 1.19 bits per heavy atom. The van der Waals surface area contributed by atoms with Gasteiger partial charge in [0, 0.05) is 13.1 Å². The number of hydrogen-bond donors (Lipinski definition) is 1. The number of sulfonamides is 1. The zero-order valence-corrected chi connectivity index (χ0v) is 14.7. The lowest BCUT2D eigenvalue weighted by Gasteiger charge is -2.26. The number of aromatic nitrogens is 1. The number of nitrogens with zero attached hydrogens (tertiary/aromatic N) is 1. The van der Waals surface area contributed by atoms with Crippen LogP contribution in [0.4, 0.5) is 0 Å². The van der Waals surface area contributed by atoms with Crippen LogP contribution in [0.1, 0.15) is 0 Å². The van der Waals surface area contributed by atoms with E-state index in [-0.39, 0.29) is 23.6 Å². The summed E-state index contributed by atoms with van der Waals surface area (Å²) in [6.07, 6.45) is -0.446. The highest BCUT2D eigenvalue weighted by Gasteiger charge is 2.24. The summed E-state index contributed by atoms with van der Waals surface area (Å²) in [6, 6.07) is 11.5. The molecule has 3 aromatic rings. The quantitative estimate of drug-likeness (QED) is 0.736. The number of benzene rings is 2. The zero-order chi connectivity index (χ0) is 18.3. The van der Waals surface area contributed by atoms with Crippen LogP contribution in [0.25, 0.3) is 11.1 Å². The van der Waals surface area contributed by atoms with Gasteiger partial charge in [0.2, 0.25) is 10.0 Å². The topological polar surface area (TPSA) is 99.8 Å². The fourth-order valence-electron chi connectivity index (χ4n) is 2.73. The summed E-state index contributed by atoms with van der Waals surface area (Å²) in [6.45, 7) is 0.291. The standard InChI is InChI=1S/C17H16N2O6S/c1-19-13-7-6-12(8-16(13)25-17(19)20)26(21,22)18-9-11-10-23-14-4-2-3-5-15(14)24-11/h2-8,11,18H,9-10H2,1H3. The molecule has 9 heteroatoms. The number of nitrogens with one attached hydrogen (secondary N) is 1. The van der Waals surface area contributed by atoms with E-state index in [1.54, 1.807) is 19.2 Å². The number of ether oxygens (including phenoxy) is 2. The molecule has 2 heterocycles. The number of aryl methyl sites for hydroxylation is 1. The Morgan fingerprint density at radius 2 is 1.96 bits per heavy atom. The van der Waals surface area contributed by atoms with E-state index in [1.165, 1.54) is 22.8 Å². The van der Waals surface area contributed by atoms with Gasteiger partial charge in [-0.1, -0.05) is 12.1 Å². The van der Waals surface area contributed by atoms with Gasteiger partial charge in [-0.2, -0.15) is 0 Å². The molecule has 0 spiro atoms.